The third-order valence-electron chi connectivity index (χ3n) is 3.16. The summed E-state index contributed by atoms with van der Waals surface area (Å²) >= 11 is 3.25. The van der Waals surface area contributed by atoms with Crippen LogP contribution in [0.25, 0.3) is 11.4 Å². The van der Waals surface area contributed by atoms with E-state index < -0.39 is 17.9 Å². The van der Waals surface area contributed by atoms with Gasteiger partial charge in [-0.3, -0.25) is 4.79 Å². The molecule has 0 saturated heterocycles. The van der Waals surface area contributed by atoms with E-state index in [1.54, 1.807) is 19.9 Å². The van der Waals surface area contributed by atoms with Crippen molar-refractivity contribution >= 4 is 21.9 Å². The van der Waals surface area contributed by atoms with E-state index in [-0.39, 0.29) is 5.82 Å². The molecule has 1 aromatic carbocycles. The van der Waals surface area contributed by atoms with Crippen LogP contribution in [-0.2, 0) is 4.79 Å². The highest BCUT2D eigenvalue weighted by atomic mass is 79.9. The van der Waals surface area contributed by atoms with E-state index in [1.807, 2.05) is 0 Å². The van der Waals surface area contributed by atoms with Gasteiger partial charge in [0.15, 0.2) is 5.82 Å². The van der Waals surface area contributed by atoms with Gasteiger partial charge in [-0.1, -0.05) is 0 Å². The molecule has 8 heteroatoms. The Hall–Kier alpha value is -1.83. The number of nitrogens with zero attached hydrogens (tertiary/aromatic N) is 4. The molecule has 0 bridgehead atoms. The maximum absolute atomic E-state index is 13.1. The third kappa shape index (κ3) is 2.69. The van der Waals surface area contributed by atoms with Gasteiger partial charge in [0, 0.05) is 10.0 Å². The van der Waals surface area contributed by atoms with Crippen LogP contribution in [0.15, 0.2) is 22.7 Å². The van der Waals surface area contributed by atoms with Crippen LogP contribution in [0, 0.1) is 11.7 Å². The molecule has 0 aliphatic carbocycles. The maximum Gasteiger partial charge on any atom is 0.308 e. The first-order valence-corrected chi connectivity index (χ1v) is 6.67. The van der Waals surface area contributed by atoms with Gasteiger partial charge in [0.2, 0.25) is 0 Å². The first-order chi connectivity index (χ1) is 9.41. The fourth-order valence-electron chi connectivity index (χ4n) is 1.73. The summed E-state index contributed by atoms with van der Waals surface area (Å²) in [4.78, 5) is 11.1. The van der Waals surface area contributed by atoms with Crippen LogP contribution in [0.1, 0.15) is 19.9 Å². The number of rotatable bonds is 4. The highest BCUT2D eigenvalue weighted by Gasteiger charge is 2.25. The minimum atomic E-state index is -0.933. The first-order valence-electron chi connectivity index (χ1n) is 5.88. The lowest BCUT2D eigenvalue weighted by Crippen LogP contribution is -2.23. The van der Waals surface area contributed by atoms with E-state index in [0.717, 1.165) is 0 Å². The lowest BCUT2D eigenvalue weighted by Gasteiger charge is -2.17. The second-order valence-electron chi connectivity index (χ2n) is 4.44. The Bertz CT molecular complexity index is 646. The van der Waals surface area contributed by atoms with Gasteiger partial charge in [-0.25, -0.2) is 9.07 Å². The van der Waals surface area contributed by atoms with Crippen molar-refractivity contribution < 1.29 is 14.3 Å². The molecule has 2 rings (SSSR count). The van der Waals surface area contributed by atoms with Crippen LogP contribution in [-0.4, -0.2) is 31.3 Å². The van der Waals surface area contributed by atoms with Gasteiger partial charge in [-0.05, 0) is 58.4 Å². The van der Waals surface area contributed by atoms with E-state index in [4.69, 9.17) is 5.11 Å². The van der Waals surface area contributed by atoms with Gasteiger partial charge in [0.25, 0.3) is 0 Å². The average Bonchev–Trinajstić information content (AvgIpc) is 2.85. The summed E-state index contributed by atoms with van der Waals surface area (Å²) < 4.78 is 15.0. The molecule has 1 heterocycles. The third-order valence-corrected chi connectivity index (χ3v) is 3.82. The zero-order chi connectivity index (χ0) is 14.9. The number of carboxylic acids is 1. The van der Waals surface area contributed by atoms with Crippen LogP contribution in [0.4, 0.5) is 4.39 Å². The van der Waals surface area contributed by atoms with Crippen molar-refractivity contribution in [3.63, 3.8) is 0 Å². The molecular formula is C12H12BrFN4O2. The van der Waals surface area contributed by atoms with Crippen LogP contribution < -0.4 is 0 Å². The maximum atomic E-state index is 13.1. The predicted octanol–water partition coefficient (Wildman–Crippen LogP) is 2.52. The topological polar surface area (TPSA) is 80.9 Å². The van der Waals surface area contributed by atoms with E-state index >= 15 is 0 Å². The number of hydrogen-bond donors (Lipinski definition) is 1. The Morgan fingerprint density at radius 3 is 2.75 bits per heavy atom. The summed E-state index contributed by atoms with van der Waals surface area (Å²) in [5.41, 5.74) is 0.598. The molecule has 0 aliphatic heterocycles. The minimum Gasteiger partial charge on any atom is -0.481 e. The summed E-state index contributed by atoms with van der Waals surface area (Å²) in [6, 6.07) is 3.71. The summed E-state index contributed by atoms with van der Waals surface area (Å²) in [5, 5.41) is 20.4. The van der Waals surface area contributed by atoms with E-state index in [0.29, 0.717) is 15.9 Å². The molecule has 2 unspecified atom stereocenters. The highest BCUT2D eigenvalue weighted by molar-refractivity contribution is 9.10. The van der Waals surface area contributed by atoms with Crippen molar-refractivity contribution in [3.05, 3.63) is 28.5 Å². The molecule has 1 N–H and O–H groups in total. The van der Waals surface area contributed by atoms with Crippen molar-refractivity contribution in [3.8, 4) is 11.4 Å². The molecule has 2 aromatic rings. The van der Waals surface area contributed by atoms with Gasteiger partial charge in [-0.2, -0.15) is 0 Å². The Labute approximate surface area is 122 Å². The SMILES string of the molecule is CC(C(=O)O)C(C)n1nnnc1-c1ccc(F)cc1Br. The largest absolute Gasteiger partial charge is 0.481 e. The van der Waals surface area contributed by atoms with Crippen LogP contribution >= 0.6 is 15.9 Å². The van der Waals surface area contributed by atoms with Gasteiger partial charge in [-0.15, -0.1) is 5.10 Å². The number of carboxylic acid groups (broad SMARTS) is 1. The fourth-order valence-corrected chi connectivity index (χ4v) is 2.26. The van der Waals surface area contributed by atoms with Gasteiger partial charge < -0.3 is 5.11 Å². The zero-order valence-electron chi connectivity index (χ0n) is 10.8. The zero-order valence-corrected chi connectivity index (χ0v) is 12.4. The minimum absolute atomic E-state index is 0.383. The number of halogens is 2. The lowest BCUT2D eigenvalue weighted by molar-refractivity contribution is -0.142. The van der Waals surface area contributed by atoms with Crippen molar-refractivity contribution in [2.75, 3.05) is 0 Å². The summed E-state index contributed by atoms with van der Waals surface area (Å²) in [6.45, 7) is 3.30. The monoisotopic (exact) mass is 342 g/mol. The number of aromatic nitrogens is 4. The molecule has 0 amide bonds. The molecule has 0 fully saturated rings. The second kappa shape index (κ2) is 5.66. The fraction of sp³-hybridized carbons (Fsp3) is 0.333. The van der Waals surface area contributed by atoms with Crippen molar-refractivity contribution in [2.24, 2.45) is 5.92 Å². The quantitative estimate of drug-likeness (QED) is 0.923. The Morgan fingerprint density at radius 2 is 2.15 bits per heavy atom. The Kier molecular flexibility index (Phi) is 4.12. The number of carbonyl (C=O) groups is 1. The standard InChI is InChI=1S/C12H12BrFN4O2/c1-6(12(19)20)7(2)18-11(15-16-17-18)9-4-3-8(14)5-10(9)13/h3-7H,1-2H3,(H,19,20). The van der Waals surface area contributed by atoms with Crippen molar-refractivity contribution in [1.82, 2.24) is 20.2 Å². The van der Waals surface area contributed by atoms with Crippen LogP contribution in [0.5, 0.6) is 0 Å². The van der Waals surface area contributed by atoms with E-state index in [9.17, 15) is 9.18 Å². The molecule has 106 valence electrons. The second-order valence-corrected chi connectivity index (χ2v) is 5.29. The number of aliphatic carboxylic acids is 1. The predicted molar refractivity (Wildman–Crippen MR) is 72.4 cm³/mol. The summed E-state index contributed by atoms with van der Waals surface area (Å²) in [5.74, 6) is -1.59. The molecule has 1 aromatic heterocycles. The molecule has 0 aliphatic rings. The molecule has 0 spiro atoms. The van der Waals surface area contributed by atoms with Crippen LogP contribution in [0.3, 0.4) is 0 Å². The smallest absolute Gasteiger partial charge is 0.308 e. The van der Waals surface area contributed by atoms with Crippen molar-refractivity contribution in [2.45, 2.75) is 19.9 Å². The summed E-state index contributed by atoms with van der Waals surface area (Å²) in [7, 11) is 0. The lowest BCUT2D eigenvalue weighted by atomic mass is 10.0. The Balaban J connectivity index is 2.45. The van der Waals surface area contributed by atoms with Gasteiger partial charge in [0.1, 0.15) is 5.82 Å². The number of hydrogen-bond acceptors (Lipinski definition) is 4. The van der Waals surface area contributed by atoms with Gasteiger partial charge >= 0.3 is 5.97 Å². The van der Waals surface area contributed by atoms with E-state index in [1.165, 1.54) is 16.8 Å². The molecule has 0 radical (unpaired) electrons. The molecular weight excluding hydrogens is 331 g/mol. The highest BCUT2D eigenvalue weighted by Crippen LogP contribution is 2.29. The molecule has 2 atom stereocenters. The molecule has 6 nitrogen and oxygen atoms in total. The summed E-state index contributed by atoms with van der Waals surface area (Å²) in [6.07, 6.45) is 0. The van der Waals surface area contributed by atoms with Crippen molar-refractivity contribution in [1.29, 1.82) is 0 Å². The van der Waals surface area contributed by atoms with E-state index in [2.05, 4.69) is 31.5 Å². The average molecular weight is 343 g/mol. The van der Waals surface area contributed by atoms with Gasteiger partial charge in [0.05, 0.1) is 12.0 Å². The Morgan fingerprint density at radius 1 is 1.45 bits per heavy atom. The molecule has 0 saturated carbocycles. The normalized spacial score (nSPS) is 14.0. The first kappa shape index (κ1) is 14.6. The molecule has 20 heavy (non-hydrogen) atoms. The van der Waals surface area contributed by atoms with Crippen LogP contribution in [0.2, 0.25) is 0 Å². The number of benzene rings is 1. The number of tetrazole rings is 1.